The molecule has 1 aliphatic heterocycles. The van der Waals surface area contributed by atoms with E-state index < -0.39 is 0 Å². The normalized spacial score (nSPS) is 16.5. The van der Waals surface area contributed by atoms with Crippen LogP contribution in [0.15, 0.2) is 29.3 Å². The topological polar surface area (TPSA) is 82.8 Å². The molecule has 0 aliphatic carbocycles. The summed E-state index contributed by atoms with van der Waals surface area (Å²) in [5.74, 6) is 1.62. The molecule has 144 valence electrons. The minimum Gasteiger partial charge on any atom is -0.357 e. The average Bonchev–Trinajstić information content (AvgIpc) is 2.64. The third kappa shape index (κ3) is 7.00. The average molecular weight is 361 g/mol. The van der Waals surface area contributed by atoms with Crippen LogP contribution in [0.5, 0.6) is 0 Å². The van der Waals surface area contributed by atoms with Gasteiger partial charge in [-0.2, -0.15) is 0 Å². The molecule has 26 heavy (non-hydrogen) atoms. The Morgan fingerprint density at radius 3 is 2.81 bits per heavy atom. The maximum Gasteiger partial charge on any atom is 0.269 e. The molecule has 0 saturated carbocycles. The fourth-order valence-corrected chi connectivity index (χ4v) is 3.08. The van der Waals surface area contributed by atoms with E-state index >= 15 is 0 Å². The van der Waals surface area contributed by atoms with E-state index in [9.17, 15) is 10.1 Å². The number of likely N-dealkylation sites (tertiary alicyclic amines) is 1. The molecule has 2 rings (SSSR count). The second-order valence-corrected chi connectivity index (χ2v) is 6.93. The number of hydrogen-bond acceptors (Lipinski definition) is 4. The third-order valence-corrected chi connectivity index (χ3v) is 4.71. The molecule has 0 aromatic heterocycles. The van der Waals surface area contributed by atoms with E-state index in [1.165, 1.54) is 32.0 Å². The van der Waals surface area contributed by atoms with Gasteiger partial charge >= 0.3 is 0 Å². The van der Waals surface area contributed by atoms with Gasteiger partial charge in [-0.1, -0.05) is 19.1 Å². The molecule has 1 saturated heterocycles. The molecule has 0 radical (unpaired) electrons. The predicted molar refractivity (Wildman–Crippen MR) is 105 cm³/mol. The predicted octanol–water partition coefficient (Wildman–Crippen LogP) is 2.77. The lowest BCUT2D eigenvalue weighted by molar-refractivity contribution is -0.384. The molecule has 7 nitrogen and oxygen atoms in total. The van der Waals surface area contributed by atoms with Crippen molar-refractivity contribution in [3.05, 3.63) is 39.9 Å². The van der Waals surface area contributed by atoms with Crippen LogP contribution in [0.3, 0.4) is 0 Å². The number of benzene rings is 1. The van der Waals surface area contributed by atoms with Gasteiger partial charge in [0.15, 0.2) is 5.96 Å². The second-order valence-electron chi connectivity index (χ2n) is 6.93. The van der Waals surface area contributed by atoms with Gasteiger partial charge in [0.2, 0.25) is 0 Å². The SMILES string of the molecule is CCNC(=NCc1cccc([N+](=O)[O-])c1)NCCCN1CCC(C)CC1. The minimum absolute atomic E-state index is 0.103. The molecule has 1 heterocycles. The molecule has 0 atom stereocenters. The van der Waals surface area contributed by atoms with Gasteiger partial charge < -0.3 is 15.5 Å². The summed E-state index contributed by atoms with van der Waals surface area (Å²) in [4.78, 5) is 17.6. The van der Waals surface area contributed by atoms with E-state index in [-0.39, 0.29) is 10.6 Å². The maximum absolute atomic E-state index is 10.9. The van der Waals surface area contributed by atoms with Crippen LogP contribution < -0.4 is 10.6 Å². The van der Waals surface area contributed by atoms with E-state index in [0.717, 1.165) is 43.5 Å². The van der Waals surface area contributed by atoms with Crippen LogP contribution in [0.25, 0.3) is 0 Å². The quantitative estimate of drug-likeness (QED) is 0.245. The van der Waals surface area contributed by atoms with Crippen molar-refractivity contribution in [2.75, 3.05) is 32.7 Å². The van der Waals surface area contributed by atoms with Crippen LogP contribution in [0.4, 0.5) is 5.69 Å². The third-order valence-electron chi connectivity index (χ3n) is 4.71. The van der Waals surface area contributed by atoms with Crippen molar-refractivity contribution in [2.24, 2.45) is 10.9 Å². The van der Waals surface area contributed by atoms with Crippen LogP contribution >= 0.6 is 0 Å². The van der Waals surface area contributed by atoms with Crippen molar-refractivity contribution >= 4 is 11.6 Å². The summed E-state index contributed by atoms with van der Waals surface area (Å²) >= 11 is 0. The van der Waals surface area contributed by atoms with Crippen molar-refractivity contribution < 1.29 is 4.92 Å². The smallest absolute Gasteiger partial charge is 0.269 e. The zero-order chi connectivity index (χ0) is 18.8. The largest absolute Gasteiger partial charge is 0.357 e. The number of hydrogen-bond donors (Lipinski definition) is 2. The molecular weight excluding hydrogens is 330 g/mol. The molecule has 0 amide bonds. The first kappa shape index (κ1) is 20.2. The van der Waals surface area contributed by atoms with Gasteiger partial charge in [0.25, 0.3) is 5.69 Å². The van der Waals surface area contributed by atoms with Gasteiger partial charge in [0.1, 0.15) is 0 Å². The first-order valence-corrected chi connectivity index (χ1v) is 9.56. The lowest BCUT2D eigenvalue weighted by Gasteiger charge is -2.30. The van der Waals surface area contributed by atoms with Gasteiger partial charge in [-0.05, 0) is 57.3 Å². The zero-order valence-corrected chi connectivity index (χ0v) is 15.9. The summed E-state index contributed by atoms with van der Waals surface area (Å²) in [7, 11) is 0. The highest BCUT2D eigenvalue weighted by molar-refractivity contribution is 5.79. The Kier molecular flexibility index (Phi) is 8.34. The molecule has 1 aromatic carbocycles. The number of rotatable bonds is 8. The highest BCUT2D eigenvalue weighted by Gasteiger charge is 2.14. The van der Waals surface area contributed by atoms with Crippen LogP contribution in [0.2, 0.25) is 0 Å². The first-order valence-electron chi connectivity index (χ1n) is 9.56. The van der Waals surface area contributed by atoms with E-state index in [1.807, 2.05) is 13.0 Å². The van der Waals surface area contributed by atoms with Gasteiger partial charge in [-0.3, -0.25) is 10.1 Å². The molecule has 2 N–H and O–H groups in total. The number of nitrogens with zero attached hydrogens (tertiary/aromatic N) is 3. The molecule has 0 bridgehead atoms. The Balaban J connectivity index is 1.77. The van der Waals surface area contributed by atoms with E-state index in [0.29, 0.717) is 6.54 Å². The van der Waals surface area contributed by atoms with Gasteiger partial charge in [-0.15, -0.1) is 0 Å². The summed E-state index contributed by atoms with van der Waals surface area (Å²) in [5, 5.41) is 17.4. The van der Waals surface area contributed by atoms with Crippen molar-refractivity contribution in [1.29, 1.82) is 0 Å². The van der Waals surface area contributed by atoms with Gasteiger partial charge in [0, 0.05) is 25.2 Å². The number of aliphatic imine (C=N–C) groups is 1. The number of nitrogens with one attached hydrogen (secondary N) is 2. The lowest BCUT2D eigenvalue weighted by Crippen LogP contribution is -2.39. The fraction of sp³-hybridized carbons (Fsp3) is 0.632. The summed E-state index contributed by atoms with van der Waals surface area (Å²) < 4.78 is 0. The van der Waals surface area contributed by atoms with Crippen LogP contribution in [0, 0.1) is 16.0 Å². The molecule has 7 heteroatoms. The van der Waals surface area contributed by atoms with Crippen molar-refractivity contribution in [3.8, 4) is 0 Å². The van der Waals surface area contributed by atoms with E-state index in [2.05, 4.69) is 27.4 Å². The number of nitro groups is 1. The summed E-state index contributed by atoms with van der Waals surface area (Å²) in [6.07, 6.45) is 3.69. The van der Waals surface area contributed by atoms with Crippen molar-refractivity contribution in [3.63, 3.8) is 0 Å². The number of piperidine rings is 1. The highest BCUT2D eigenvalue weighted by Crippen LogP contribution is 2.16. The molecule has 0 spiro atoms. The first-order chi connectivity index (χ1) is 12.6. The van der Waals surface area contributed by atoms with E-state index in [4.69, 9.17) is 0 Å². The minimum atomic E-state index is -0.377. The van der Waals surface area contributed by atoms with Crippen molar-refractivity contribution in [1.82, 2.24) is 15.5 Å². The summed E-state index contributed by atoms with van der Waals surface area (Å²) in [5.41, 5.74) is 0.936. The molecule has 1 fully saturated rings. The molecular formula is C19H31N5O2. The fourth-order valence-electron chi connectivity index (χ4n) is 3.08. The molecule has 1 aliphatic rings. The standard InChI is InChI=1S/C19H31N5O2/c1-3-20-19(21-10-5-11-23-12-8-16(2)9-13-23)22-15-17-6-4-7-18(14-17)24(25)26/h4,6-7,14,16H,3,5,8-13,15H2,1-2H3,(H2,20,21,22). The Hall–Kier alpha value is -2.15. The second kappa shape index (κ2) is 10.8. The summed E-state index contributed by atoms with van der Waals surface area (Å²) in [6.45, 7) is 9.96. The van der Waals surface area contributed by atoms with Gasteiger partial charge in [-0.25, -0.2) is 4.99 Å². The Labute approximate surface area is 156 Å². The zero-order valence-electron chi connectivity index (χ0n) is 15.9. The Morgan fingerprint density at radius 2 is 2.12 bits per heavy atom. The van der Waals surface area contributed by atoms with Gasteiger partial charge in [0.05, 0.1) is 11.5 Å². The highest BCUT2D eigenvalue weighted by atomic mass is 16.6. The number of nitro benzene ring substituents is 1. The van der Waals surface area contributed by atoms with Crippen LogP contribution in [0.1, 0.15) is 38.7 Å². The Bertz CT molecular complexity index is 597. The van der Waals surface area contributed by atoms with Crippen LogP contribution in [-0.4, -0.2) is 48.5 Å². The van der Waals surface area contributed by atoms with Crippen LogP contribution in [-0.2, 0) is 6.54 Å². The summed E-state index contributed by atoms with van der Waals surface area (Å²) in [6, 6.07) is 6.63. The number of non-ortho nitro benzene ring substituents is 1. The lowest BCUT2D eigenvalue weighted by atomic mass is 9.99. The van der Waals surface area contributed by atoms with E-state index in [1.54, 1.807) is 12.1 Å². The molecule has 1 aromatic rings. The Morgan fingerprint density at radius 1 is 1.35 bits per heavy atom. The monoisotopic (exact) mass is 361 g/mol. The van der Waals surface area contributed by atoms with Crippen molar-refractivity contribution in [2.45, 2.75) is 39.7 Å². The maximum atomic E-state index is 10.9. The molecule has 0 unspecified atom stereocenters. The number of guanidine groups is 1.